The van der Waals surface area contributed by atoms with Gasteiger partial charge in [0.05, 0.1) is 12.2 Å². The summed E-state index contributed by atoms with van der Waals surface area (Å²) < 4.78 is 13.7. The highest BCUT2D eigenvalue weighted by atomic mass is 32.2. The van der Waals surface area contributed by atoms with Crippen LogP contribution in [0.1, 0.15) is 37.0 Å². The van der Waals surface area contributed by atoms with Gasteiger partial charge in [0, 0.05) is 24.3 Å². The van der Waals surface area contributed by atoms with Crippen LogP contribution in [0.25, 0.3) is 0 Å². The zero-order valence-electron chi connectivity index (χ0n) is 16.9. The topological polar surface area (TPSA) is 40.6 Å². The van der Waals surface area contributed by atoms with Crippen LogP contribution >= 0.6 is 11.8 Å². The number of rotatable bonds is 4. The third-order valence-electron chi connectivity index (χ3n) is 5.46. The number of fused-ring (bicyclic) bond motifs is 2. The standard InChI is InChI=1S/C23H25FN2O2S/c1-15(2)11-21(27)26-9-10-29-23(26)19-12-16(3)7-8-20(19)25(22(23)28)14-17-5-4-6-18(24)13-17/h4-8,12-13,15H,9-11,14H2,1-3H3/t23-/m0/s1. The van der Waals surface area contributed by atoms with Gasteiger partial charge in [0.15, 0.2) is 4.87 Å². The van der Waals surface area contributed by atoms with Crippen molar-refractivity contribution < 1.29 is 14.0 Å². The number of amides is 2. The van der Waals surface area contributed by atoms with Gasteiger partial charge < -0.3 is 9.80 Å². The molecule has 2 aliphatic rings. The molecule has 4 nitrogen and oxygen atoms in total. The zero-order chi connectivity index (χ0) is 20.8. The Bertz CT molecular complexity index is 977. The van der Waals surface area contributed by atoms with Crippen molar-refractivity contribution in [2.75, 3.05) is 17.2 Å². The highest BCUT2D eigenvalue weighted by Gasteiger charge is 2.59. The van der Waals surface area contributed by atoms with E-state index < -0.39 is 4.87 Å². The van der Waals surface area contributed by atoms with Gasteiger partial charge in [-0.05, 0) is 36.6 Å². The molecule has 0 aliphatic carbocycles. The molecule has 0 saturated carbocycles. The number of thioether (sulfide) groups is 1. The molecule has 1 atom stereocenters. The molecule has 6 heteroatoms. The summed E-state index contributed by atoms with van der Waals surface area (Å²) in [4.78, 5) is 29.3. The average Bonchev–Trinajstić information content (AvgIpc) is 3.19. The van der Waals surface area contributed by atoms with E-state index in [4.69, 9.17) is 0 Å². The molecular formula is C23H25FN2O2S. The van der Waals surface area contributed by atoms with Gasteiger partial charge in [0.1, 0.15) is 5.82 Å². The fraction of sp³-hybridized carbons (Fsp3) is 0.391. The Kier molecular flexibility index (Phi) is 5.15. The molecule has 0 aromatic heterocycles. The molecule has 2 amide bonds. The second-order valence-electron chi connectivity index (χ2n) is 8.18. The first kappa shape index (κ1) is 20.0. The molecule has 1 fully saturated rings. The maximum atomic E-state index is 13.8. The number of halogens is 1. The summed E-state index contributed by atoms with van der Waals surface area (Å²) in [6, 6.07) is 12.3. The highest BCUT2D eigenvalue weighted by molar-refractivity contribution is 8.01. The van der Waals surface area contributed by atoms with Crippen LogP contribution in [0.3, 0.4) is 0 Å². The first-order valence-corrected chi connectivity index (χ1v) is 10.9. The van der Waals surface area contributed by atoms with Gasteiger partial charge >= 0.3 is 0 Å². The Morgan fingerprint density at radius 1 is 1.24 bits per heavy atom. The van der Waals surface area contributed by atoms with Crippen LogP contribution < -0.4 is 4.90 Å². The molecule has 29 heavy (non-hydrogen) atoms. The maximum absolute atomic E-state index is 13.8. The SMILES string of the molecule is Cc1ccc2c(c1)[C@]1(SCCN1C(=O)CC(C)C)C(=O)N2Cc1cccc(F)c1. The average molecular weight is 413 g/mol. The highest BCUT2D eigenvalue weighted by Crippen LogP contribution is 2.54. The van der Waals surface area contributed by atoms with E-state index in [9.17, 15) is 14.0 Å². The number of carbonyl (C=O) groups is 2. The van der Waals surface area contributed by atoms with Crippen LogP contribution in [0.2, 0.25) is 0 Å². The first-order chi connectivity index (χ1) is 13.8. The van der Waals surface area contributed by atoms with Crippen LogP contribution in [-0.4, -0.2) is 29.0 Å². The molecule has 0 bridgehead atoms. The van der Waals surface area contributed by atoms with E-state index in [0.717, 1.165) is 28.1 Å². The van der Waals surface area contributed by atoms with Gasteiger partial charge in [-0.1, -0.05) is 43.7 Å². The third kappa shape index (κ3) is 3.33. The van der Waals surface area contributed by atoms with Gasteiger partial charge in [0.25, 0.3) is 5.91 Å². The van der Waals surface area contributed by atoms with Crippen molar-refractivity contribution in [2.24, 2.45) is 5.92 Å². The van der Waals surface area contributed by atoms with E-state index in [1.807, 2.05) is 45.0 Å². The van der Waals surface area contributed by atoms with Crippen molar-refractivity contribution >= 4 is 29.3 Å². The van der Waals surface area contributed by atoms with Crippen molar-refractivity contribution in [1.29, 1.82) is 0 Å². The van der Waals surface area contributed by atoms with Gasteiger partial charge in [-0.15, -0.1) is 11.8 Å². The largest absolute Gasteiger partial charge is 0.315 e. The Morgan fingerprint density at radius 3 is 2.76 bits per heavy atom. The fourth-order valence-electron chi connectivity index (χ4n) is 4.22. The van der Waals surface area contributed by atoms with Crippen molar-refractivity contribution in [3.05, 3.63) is 65.0 Å². The van der Waals surface area contributed by atoms with Crippen LogP contribution in [0.5, 0.6) is 0 Å². The second kappa shape index (κ2) is 7.48. The molecular weight excluding hydrogens is 387 g/mol. The quantitative estimate of drug-likeness (QED) is 0.745. The van der Waals surface area contributed by atoms with E-state index in [-0.39, 0.29) is 30.1 Å². The normalized spacial score (nSPS) is 20.8. The Labute approximate surface area is 175 Å². The summed E-state index contributed by atoms with van der Waals surface area (Å²) in [6.45, 7) is 6.86. The Balaban J connectivity index is 1.78. The lowest BCUT2D eigenvalue weighted by Crippen LogP contribution is -2.50. The van der Waals surface area contributed by atoms with Gasteiger partial charge in [-0.3, -0.25) is 9.59 Å². The molecule has 1 spiro atoms. The predicted molar refractivity (Wildman–Crippen MR) is 114 cm³/mol. The van der Waals surface area contributed by atoms with Crippen LogP contribution in [0.15, 0.2) is 42.5 Å². The Morgan fingerprint density at radius 2 is 2.03 bits per heavy atom. The van der Waals surface area contributed by atoms with Crippen molar-refractivity contribution in [2.45, 2.75) is 38.6 Å². The van der Waals surface area contributed by atoms with Crippen molar-refractivity contribution in [3.8, 4) is 0 Å². The molecule has 2 aliphatic heterocycles. The molecule has 1 saturated heterocycles. The Hall–Kier alpha value is -2.34. The minimum atomic E-state index is -1.01. The van der Waals surface area contributed by atoms with Gasteiger partial charge in [-0.2, -0.15) is 0 Å². The number of anilines is 1. The number of hydrogen-bond donors (Lipinski definition) is 0. The van der Waals surface area contributed by atoms with Crippen molar-refractivity contribution in [1.82, 2.24) is 4.90 Å². The van der Waals surface area contributed by atoms with Crippen molar-refractivity contribution in [3.63, 3.8) is 0 Å². The van der Waals surface area contributed by atoms with Crippen LogP contribution in [0, 0.1) is 18.7 Å². The molecule has 2 heterocycles. The monoisotopic (exact) mass is 412 g/mol. The van der Waals surface area contributed by atoms with Gasteiger partial charge in [0.2, 0.25) is 5.91 Å². The zero-order valence-corrected chi connectivity index (χ0v) is 17.8. The van der Waals surface area contributed by atoms with Gasteiger partial charge in [-0.25, -0.2) is 4.39 Å². The maximum Gasteiger partial charge on any atom is 0.268 e. The lowest BCUT2D eigenvalue weighted by molar-refractivity contribution is -0.140. The lowest BCUT2D eigenvalue weighted by atomic mass is 10.0. The minimum Gasteiger partial charge on any atom is -0.315 e. The summed E-state index contributed by atoms with van der Waals surface area (Å²) in [5, 5.41) is 0. The predicted octanol–water partition coefficient (Wildman–Crippen LogP) is 4.46. The molecule has 0 radical (unpaired) electrons. The summed E-state index contributed by atoms with van der Waals surface area (Å²) in [5.41, 5.74) is 3.46. The summed E-state index contributed by atoms with van der Waals surface area (Å²) >= 11 is 1.53. The summed E-state index contributed by atoms with van der Waals surface area (Å²) in [5.74, 6) is 0.524. The summed E-state index contributed by atoms with van der Waals surface area (Å²) in [6.07, 6.45) is 0.417. The third-order valence-corrected chi connectivity index (χ3v) is 6.88. The van der Waals surface area contributed by atoms with Crippen LogP contribution in [-0.2, 0) is 21.0 Å². The molecule has 0 N–H and O–H groups in total. The molecule has 0 unspecified atom stereocenters. The molecule has 2 aromatic carbocycles. The number of benzene rings is 2. The lowest BCUT2D eigenvalue weighted by Gasteiger charge is -2.33. The van der Waals surface area contributed by atoms with Crippen LogP contribution in [0.4, 0.5) is 10.1 Å². The second-order valence-corrected chi connectivity index (χ2v) is 9.47. The fourth-order valence-corrected chi connectivity index (χ4v) is 5.69. The smallest absolute Gasteiger partial charge is 0.268 e. The number of hydrogen-bond acceptors (Lipinski definition) is 3. The number of carbonyl (C=O) groups excluding carboxylic acids is 2. The summed E-state index contributed by atoms with van der Waals surface area (Å²) in [7, 11) is 0. The number of aryl methyl sites for hydroxylation is 1. The van der Waals surface area contributed by atoms with E-state index in [1.165, 1.54) is 23.9 Å². The minimum absolute atomic E-state index is 0.0124. The van der Waals surface area contributed by atoms with E-state index in [2.05, 4.69) is 0 Å². The molecule has 4 rings (SSSR count). The van der Waals surface area contributed by atoms with E-state index in [0.29, 0.717) is 13.0 Å². The molecule has 152 valence electrons. The van der Waals surface area contributed by atoms with E-state index in [1.54, 1.807) is 15.9 Å². The molecule has 2 aromatic rings. The van der Waals surface area contributed by atoms with E-state index >= 15 is 0 Å². The first-order valence-electron chi connectivity index (χ1n) is 9.95. The number of nitrogens with zero attached hydrogens (tertiary/aromatic N) is 2.